The van der Waals surface area contributed by atoms with E-state index >= 15 is 0 Å². The number of aromatic nitrogens is 2. The molecule has 0 saturated carbocycles. The average molecular weight is 441 g/mol. The Morgan fingerprint density at radius 2 is 2.03 bits per heavy atom. The summed E-state index contributed by atoms with van der Waals surface area (Å²) in [5.41, 5.74) is 1.38. The summed E-state index contributed by atoms with van der Waals surface area (Å²) in [6.45, 7) is 4.30. The number of piperidine rings is 2. The Balaban J connectivity index is 1.69. The van der Waals surface area contributed by atoms with Gasteiger partial charge >= 0.3 is 5.69 Å². The first kappa shape index (κ1) is 22.1. The number of methoxy groups -OCH3 is 1. The van der Waals surface area contributed by atoms with Gasteiger partial charge in [0.05, 0.1) is 29.8 Å². The third kappa shape index (κ3) is 4.04. The summed E-state index contributed by atoms with van der Waals surface area (Å²) in [6, 6.07) is 2.74. The molecule has 1 aromatic carbocycles. The predicted molar refractivity (Wildman–Crippen MR) is 118 cm³/mol. The Kier molecular flexibility index (Phi) is 6.35. The van der Waals surface area contributed by atoms with Crippen LogP contribution in [0.2, 0.25) is 0 Å². The lowest BCUT2D eigenvalue weighted by Gasteiger charge is -2.28. The molecule has 1 unspecified atom stereocenters. The molecule has 3 heterocycles. The van der Waals surface area contributed by atoms with Crippen molar-refractivity contribution in [3.8, 4) is 17.6 Å². The number of nitrogens with zero attached hydrogens (tertiary/aromatic N) is 2. The maximum Gasteiger partial charge on any atom is 0.329 e. The van der Waals surface area contributed by atoms with Crippen LogP contribution in [-0.2, 0) is 21.4 Å². The highest BCUT2D eigenvalue weighted by Crippen LogP contribution is 2.29. The molecule has 3 atom stereocenters. The third-order valence-electron chi connectivity index (χ3n) is 6.24. The number of carbonyl (C=O) groups is 2. The van der Waals surface area contributed by atoms with E-state index in [0.717, 1.165) is 19.5 Å². The minimum atomic E-state index is -0.747. The van der Waals surface area contributed by atoms with Crippen LogP contribution < -0.4 is 21.1 Å². The number of imidazole rings is 1. The van der Waals surface area contributed by atoms with Crippen LogP contribution in [0, 0.1) is 17.8 Å². The van der Waals surface area contributed by atoms with Gasteiger partial charge in [0.25, 0.3) is 0 Å². The molecule has 2 aliphatic rings. The van der Waals surface area contributed by atoms with Crippen LogP contribution in [0.3, 0.4) is 0 Å². The lowest BCUT2D eigenvalue weighted by Crippen LogP contribution is -2.44. The van der Waals surface area contributed by atoms with Gasteiger partial charge in [0, 0.05) is 20.0 Å². The number of benzene rings is 1. The fourth-order valence-corrected chi connectivity index (χ4v) is 4.49. The molecular formula is C23H28N4O5. The molecule has 170 valence electrons. The molecule has 2 aliphatic heterocycles. The minimum Gasteiger partial charge on any atom is -0.495 e. The van der Waals surface area contributed by atoms with Gasteiger partial charge in [0.1, 0.15) is 18.4 Å². The fraction of sp³-hybridized carbons (Fsp3) is 0.522. The van der Waals surface area contributed by atoms with Crippen molar-refractivity contribution in [1.29, 1.82) is 0 Å². The molecule has 9 nitrogen and oxygen atoms in total. The van der Waals surface area contributed by atoms with Crippen LogP contribution in [0.15, 0.2) is 16.9 Å². The van der Waals surface area contributed by atoms with Crippen molar-refractivity contribution >= 4 is 22.8 Å². The van der Waals surface area contributed by atoms with Crippen molar-refractivity contribution in [2.75, 3.05) is 26.8 Å². The molecule has 2 amide bonds. The van der Waals surface area contributed by atoms with Gasteiger partial charge in [-0.25, -0.2) is 4.79 Å². The second kappa shape index (κ2) is 9.18. The SMILES string of the molecule is COc1ccc2c(c1C#CCO[C@H]1CCNC[C@@H]1C)n(C)c(=O)n2C1CCC(=O)NC1=O. The number of ether oxygens (including phenoxy) is 2. The molecule has 2 aromatic rings. The van der Waals surface area contributed by atoms with Crippen LogP contribution in [0.4, 0.5) is 0 Å². The van der Waals surface area contributed by atoms with E-state index < -0.39 is 11.9 Å². The summed E-state index contributed by atoms with van der Waals surface area (Å²) in [6.07, 6.45) is 1.58. The zero-order chi connectivity index (χ0) is 22.8. The summed E-state index contributed by atoms with van der Waals surface area (Å²) in [4.78, 5) is 37.1. The number of aryl methyl sites for hydroxylation is 1. The van der Waals surface area contributed by atoms with Crippen molar-refractivity contribution in [3.63, 3.8) is 0 Å². The Morgan fingerprint density at radius 1 is 1.22 bits per heavy atom. The van der Waals surface area contributed by atoms with Gasteiger partial charge in [0.2, 0.25) is 11.8 Å². The molecule has 0 aliphatic carbocycles. The van der Waals surface area contributed by atoms with E-state index in [4.69, 9.17) is 9.47 Å². The molecule has 0 bridgehead atoms. The molecule has 0 radical (unpaired) electrons. The Morgan fingerprint density at radius 3 is 2.75 bits per heavy atom. The van der Waals surface area contributed by atoms with Gasteiger partial charge in [0.15, 0.2) is 0 Å². The first-order chi connectivity index (χ1) is 15.4. The maximum atomic E-state index is 13.1. The normalized spacial score (nSPS) is 23.5. The van der Waals surface area contributed by atoms with Crippen molar-refractivity contribution in [2.45, 2.75) is 38.3 Å². The highest BCUT2D eigenvalue weighted by Gasteiger charge is 2.32. The summed E-state index contributed by atoms with van der Waals surface area (Å²) in [5.74, 6) is 6.36. The van der Waals surface area contributed by atoms with E-state index in [1.165, 1.54) is 9.13 Å². The summed E-state index contributed by atoms with van der Waals surface area (Å²) in [5, 5.41) is 5.67. The second-order valence-corrected chi connectivity index (χ2v) is 8.31. The molecule has 4 rings (SSSR count). The number of fused-ring (bicyclic) bond motifs is 1. The first-order valence-corrected chi connectivity index (χ1v) is 10.8. The Labute approximate surface area is 186 Å². The molecule has 0 spiro atoms. The maximum absolute atomic E-state index is 13.1. The number of hydrogen-bond donors (Lipinski definition) is 2. The molecule has 2 fully saturated rings. The highest BCUT2D eigenvalue weighted by atomic mass is 16.5. The highest BCUT2D eigenvalue weighted by molar-refractivity contribution is 6.00. The molecule has 2 saturated heterocycles. The zero-order valence-electron chi connectivity index (χ0n) is 18.6. The molecule has 1 aromatic heterocycles. The fourth-order valence-electron chi connectivity index (χ4n) is 4.49. The van der Waals surface area contributed by atoms with E-state index in [1.54, 1.807) is 26.3 Å². The molecule has 9 heteroatoms. The minimum absolute atomic E-state index is 0.168. The van der Waals surface area contributed by atoms with Gasteiger partial charge < -0.3 is 14.8 Å². The van der Waals surface area contributed by atoms with Gasteiger partial charge in [-0.1, -0.05) is 18.8 Å². The lowest BCUT2D eigenvalue weighted by atomic mass is 9.98. The van der Waals surface area contributed by atoms with Crippen molar-refractivity contribution in [3.05, 3.63) is 28.2 Å². The average Bonchev–Trinajstić information content (AvgIpc) is 3.03. The van der Waals surface area contributed by atoms with Gasteiger partial charge in [-0.3, -0.25) is 24.0 Å². The molecule has 2 N–H and O–H groups in total. The van der Waals surface area contributed by atoms with Crippen LogP contribution in [0.5, 0.6) is 5.75 Å². The Bertz CT molecular complexity index is 1170. The van der Waals surface area contributed by atoms with Gasteiger partial charge in [-0.15, -0.1) is 0 Å². The van der Waals surface area contributed by atoms with Gasteiger partial charge in [-0.2, -0.15) is 0 Å². The number of hydrogen-bond acceptors (Lipinski definition) is 6. The van der Waals surface area contributed by atoms with E-state index in [-0.39, 0.29) is 37.1 Å². The second-order valence-electron chi connectivity index (χ2n) is 8.31. The van der Waals surface area contributed by atoms with Crippen LogP contribution in [-0.4, -0.2) is 53.9 Å². The molecular weight excluding hydrogens is 412 g/mol. The zero-order valence-corrected chi connectivity index (χ0v) is 18.6. The van der Waals surface area contributed by atoms with E-state index in [0.29, 0.717) is 28.3 Å². The quantitative estimate of drug-likeness (QED) is 0.536. The largest absolute Gasteiger partial charge is 0.495 e. The standard InChI is InChI=1S/C23H28N4O5/c1-14-13-24-11-10-18(14)32-12-4-5-15-19(31-3)8-6-16-21(15)26(2)23(30)27(16)17-7-9-20(28)25-22(17)29/h6,8,14,17-18,24H,7,9-13H2,1-3H3,(H,25,28,29)/t14-,17?,18-/m0/s1. The third-order valence-corrected chi connectivity index (χ3v) is 6.24. The number of amides is 2. The lowest BCUT2D eigenvalue weighted by molar-refractivity contribution is -0.135. The van der Waals surface area contributed by atoms with Crippen molar-refractivity contribution in [1.82, 2.24) is 19.8 Å². The van der Waals surface area contributed by atoms with Crippen LogP contribution >= 0.6 is 0 Å². The number of rotatable bonds is 4. The van der Waals surface area contributed by atoms with Crippen LogP contribution in [0.1, 0.15) is 37.8 Å². The first-order valence-electron chi connectivity index (χ1n) is 10.8. The predicted octanol–water partition coefficient (Wildman–Crippen LogP) is 0.692. The van der Waals surface area contributed by atoms with Gasteiger partial charge in [-0.05, 0) is 37.4 Å². The smallest absolute Gasteiger partial charge is 0.329 e. The van der Waals surface area contributed by atoms with Crippen molar-refractivity contribution < 1.29 is 19.1 Å². The summed E-state index contributed by atoms with van der Waals surface area (Å²) in [7, 11) is 3.19. The van der Waals surface area contributed by atoms with Crippen LogP contribution in [0.25, 0.3) is 11.0 Å². The Hall–Kier alpha value is -3.09. The van der Waals surface area contributed by atoms with E-state index in [2.05, 4.69) is 29.4 Å². The monoisotopic (exact) mass is 440 g/mol. The summed E-state index contributed by atoms with van der Waals surface area (Å²) < 4.78 is 14.4. The van der Waals surface area contributed by atoms with E-state index in [1.807, 2.05) is 0 Å². The topological polar surface area (TPSA) is 104 Å². The number of imide groups is 1. The molecule has 32 heavy (non-hydrogen) atoms. The number of carbonyl (C=O) groups excluding carboxylic acids is 2. The summed E-state index contributed by atoms with van der Waals surface area (Å²) >= 11 is 0. The van der Waals surface area contributed by atoms with E-state index in [9.17, 15) is 14.4 Å². The van der Waals surface area contributed by atoms with Crippen molar-refractivity contribution in [2.24, 2.45) is 13.0 Å². The number of nitrogens with one attached hydrogen (secondary N) is 2.